The molecule has 0 saturated carbocycles. The molecule has 0 amide bonds. The van der Waals surface area contributed by atoms with E-state index in [9.17, 15) is 0 Å². The Bertz CT molecular complexity index is 2660. The third-order valence-electron chi connectivity index (χ3n) is 11.5. The molecule has 0 unspecified atom stereocenters. The lowest BCUT2D eigenvalue weighted by Gasteiger charge is -2.28. The summed E-state index contributed by atoms with van der Waals surface area (Å²) in [6, 6.07) is 56.6. The summed E-state index contributed by atoms with van der Waals surface area (Å²) in [5, 5.41) is 2.61. The van der Waals surface area contributed by atoms with Gasteiger partial charge in [-0.1, -0.05) is 137 Å². The molecule has 2 heteroatoms. The quantitative estimate of drug-likeness (QED) is 0.182. The number of rotatable bonds is 4. The Hall–Kier alpha value is -5.44. The highest BCUT2D eigenvalue weighted by atomic mass is 32.1. The molecule has 0 aliphatic heterocycles. The van der Waals surface area contributed by atoms with Crippen LogP contribution in [0.2, 0.25) is 0 Å². The molecule has 7 aromatic carbocycles. The predicted molar refractivity (Wildman–Crippen MR) is 215 cm³/mol. The second kappa shape index (κ2) is 10.5. The summed E-state index contributed by atoms with van der Waals surface area (Å²) in [6.07, 6.45) is 0. The summed E-state index contributed by atoms with van der Waals surface area (Å²) < 4.78 is 2.61. The lowest BCUT2D eigenvalue weighted by Crippen LogP contribution is -2.16. The average molecular weight is 660 g/mol. The maximum absolute atomic E-state index is 2.46. The highest BCUT2D eigenvalue weighted by Gasteiger charge is 2.37. The van der Waals surface area contributed by atoms with E-state index < -0.39 is 0 Å². The van der Waals surface area contributed by atoms with Crippen LogP contribution in [-0.2, 0) is 10.8 Å². The zero-order valence-electron chi connectivity index (χ0n) is 28.8. The highest BCUT2D eigenvalue weighted by molar-refractivity contribution is 7.26. The first-order chi connectivity index (χ1) is 24.3. The van der Waals surface area contributed by atoms with Gasteiger partial charge in [0.05, 0.1) is 10.4 Å². The molecule has 0 saturated heterocycles. The van der Waals surface area contributed by atoms with Gasteiger partial charge in [-0.05, 0) is 98.1 Å². The zero-order chi connectivity index (χ0) is 33.8. The van der Waals surface area contributed by atoms with Gasteiger partial charge in [-0.2, -0.15) is 0 Å². The van der Waals surface area contributed by atoms with Gasteiger partial charge in [0.15, 0.2) is 0 Å². The summed E-state index contributed by atoms with van der Waals surface area (Å²) in [6.45, 7) is 9.44. The number of hydrogen-bond donors (Lipinski definition) is 0. The van der Waals surface area contributed by atoms with Crippen LogP contribution < -0.4 is 4.90 Å². The molecular weight excluding hydrogens is 623 g/mol. The van der Waals surface area contributed by atoms with Crippen LogP contribution in [0.15, 0.2) is 152 Å². The third-order valence-corrected chi connectivity index (χ3v) is 12.7. The van der Waals surface area contributed by atoms with Crippen LogP contribution in [0.4, 0.5) is 17.1 Å². The topological polar surface area (TPSA) is 3.24 Å². The molecule has 0 bridgehead atoms. The summed E-state index contributed by atoms with van der Waals surface area (Å²) in [7, 11) is 0. The molecule has 0 N–H and O–H groups in total. The van der Waals surface area contributed by atoms with Crippen molar-refractivity contribution in [3.05, 3.63) is 174 Å². The van der Waals surface area contributed by atoms with E-state index in [-0.39, 0.29) is 10.8 Å². The molecule has 1 heterocycles. The second-order valence-electron chi connectivity index (χ2n) is 15.0. The van der Waals surface area contributed by atoms with Gasteiger partial charge in [-0.3, -0.25) is 0 Å². The SMILES string of the molecule is CC1(C)c2ccccc2-c2ccc(-c3ccc4c(c3)sc3c(N(c5ccccc5)c5ccc6c(c5)C(C)(C)c5ccccc5-6)cccc34)cc21. The van der Waals surface area contributed by atoms with Crippen molar-refractivity contribution >= 4 is 48.6 Å². The van der Waals surface area contributed by atoms with Gasteiger partial charge < -0.3 is 4.90 Å². The first-order valence-electron chi connectivity index (χ1n) is 17.6. The Morgan fingerprint density at radius 2 is 1.00 bits per heavy atom. The van der Waals surface area contributed by atoms with Crippen LogP contribution in [0.5, 0.6) is 0 Å². The summed E-state index contributed by atoms with van der Waals surface area (Å²) >= 11 is 1.90. The van der Waals surface area contributed by atoms with E-state index in [1.165, 1.54) is 87.2 Å². The summed E-state index contributed by atoms with van der Waals surface area (Å²) in [5.41, 5.74) is 17.0. The van der Waals surface area contributed by atoms with Gasteiger partial charge in [0.1, 0.15) is 0 Å². The molecule has 1 nitrogen and oxygen atoms in total. The minimum absolute atomic E-state index is 0.0188. The molecule has 8 aromatic rings. The number of para-hydroxylation sites is 1. The molecule has 0 fully saturated rings. The second-order valence-corrected chi connectivity index (χ2v) is 16.0. The van der Waals surface area contributed by atoms with Crippen LogP contribution in [-0.4, -0.2) is 0 Å². The van der Waals surface area contributed by atoms with Crippen LogP contribution in [0.1, 0.15) is 49.9 Å². The molecule has 1 aromatic heterocycles. The molecule has 10 rings (SSSR count). The normalized spacial score (nSPS) is 14.7. The van der Waals surface area contributed by atoms with E-state index in [0.717, 1.165) is 5.69 Å². The first-order valence-corrected chi connectivity index (χ1v) is 18.4. The van der Waals surface area contributed by atoms with E-state index in [2.05, 4.69) is 184 Å². The van der Waals surface area contributed by atoms with Crippen molar-refractivity contribution in [3.8, 4) is 33.4 Å². The lowest BCUT2D eigenvalue weighted by molar-refractivity contribution is 0.660. The van der Waals surface area contributed by atoms with E-state index in [1.807, 2.05) is 11.3 Å². The van der Waals surface area contributed by atoms with Gasteiger partial charge in [0, 0.05) is 37.7 Å². The van der Waals surface area contributed by atoms with E-state index in [1.54, 1.807) is 0 Å². The van der Waals surface area contributed by atoms with Crippen LogP contribution >= 0.6 is 11.3 Å². The van der Waals surface area contributed by atoms with Crippen LogP contribution in [0.25, 0.3) is 53.6 Å². The van der Waals surface area contributed by atoms with Crippen LogP contribution in [0, 0.1) is 0 Å². The maximum atomic E-state index is 2.46. The number of thiophene rings is 1. The number of anilines is 3. The molecule has 240 valence electrons. The Labute approximate surface area is 298 Å². The van der Waals surface area contributed by atoms with E-state index in [0.29, 0.717) is 0 Å². The predicted octanol–water partition coefficient (Wildman–Crippen LogP) is 13.8. The average Bonchev–Trinajstić information content (AvgIpc) is 3.72. The maximum Gasteiger partial charge on any atom is 0.0640 e. The molecule has 2 aliphatic rings. The molecule has 2 aliphatic carbocycles. The van der Waals surface area contributed by atoms with Gasteiger partial charge in [-0.25, -0.2) is 0 Å². The van der Waals surface area contributed by atoms with Gasteiger partial charge in [0.25, 0.3) is 0 Å². The van der Waals surface area contributed by atoms with Gasteiger partial charge in [0.2, 0.25) is 0 Å². The third kappa shape index (κ3) is 4.12. The number of benzene rings is 7. The molecule has 0 spiro atoms. The minimum Gasteiger partial charge on any atom is -0.309 e. The van der Waals surface area contributed by atoms with E-state index in [4.69, 9.17) is 0 Å². The van der Waals surface area contributed by atoms with Gasteiger partial charge >= 0.3 is 0 Å². The van der Waals surface area contributed by atoms with Crippen molar-refractivity contribution in [1.82, 2.24) is 0 Å². The van der Waals surface area contributed by atoms with Gasteiger partial charge in [-0.15, -0.1) is 11.3 Å². The Morgan fingerprint density at radius 3 is 1.72 bits per heavy atom. The highest BCUT2D eigenvalue weighted by Crippen LogP contribution is 2.53. The lowest BCUT2D eigenvalue weighted by atomic mass is 9.81. The Balaban J connectivity index is 1.11. The Morgan fingerprint density at radius 1 is 0.420 bits per heavy atom. The molecular formula is C48H37NS. The summed E-state index contributed by atoms with van der Waals surface area (Å²) in [5.74, 6) is 0. The smallest absolute Gasteiger partial charge is 0.0640 e. The van der Waals surface area contributed by atoms with Crippen molar-refractivity contribution in [2.45, 2.75) is 38.5 Å². The molecule has 0 radical (unpaired) electrons. The first kappa shape index (κ1) is 29.5. The van der Waals surface area contributed by atoms with Crippen molar-refractivity contribution in [3.63, 3.8) is 0 Å². The van der Waals surface area contributed by atoms with Crippen molar-refractivity contribution in [1.29, 1.82) is 0 Å². The minimum atomic E-state index is -0.0696. The standard InChI is InChI=1S/C48H37NS/c1-47(2)40-18-10-8-15-34(40)36-24-21-30(27-42(36)47)31-22-25-38-39-17-12-20-44(46(39)50-45(38)28-31)49(32-13-6-5-7-14-32)33-23-26-37-35-16-9-11-19-41(35)48(3,4)43(37)29-33/h5-29H,1-4H3. The monoisotopic (exact) mass is 659 g/mol. The van der Waals surface area contributed by atoms with Crippen molar-refractivity contribution in [2.24, 2.45) is 0 Å². The van der Waals surface area contributed by atoms with E-state index >= 15 is 0 Å². The Kier molecular flexibility index (Phi) is 6.21. The van der Waals surface area contributed by atoms with Crippen molar-refractivity contribution in [2.75, 3.05) is 4.90 Å². The fourth-order valence-electron chi connectivity index (χ4n) is 8.86. The molecule has 0 atom stereocenters. The van der Waals surface area contributed by atoms with Crippen LogP contribution in [0.3, 0.4) is 0 Å². The van der Waals surface area contributed by atoms with Crippen molar-refractivity contribution < 1.29 is 0 Å². The number of fused-ring (bicyclic) bond motifs is 9. The fourth-order valence-corrected chi connectivity index (χ4v) is 10.1. The largest absolute Gasteiger partial charge is 0.309 e. The fraction of sp³-hybridized carbons (Fsp3) is 0.125. The zero-order valence-corrected chi connectivity index (χ0v) is 29.6. The summed E-state index contributed by atoms with van der Waals surface area (Å²) in [4.78, 5) is 2.46. The molecule has 50 heavy (non-hydrogen) atoms. The number of nitrogens with zero attached hydrogens (tertiary/aromatic N) is 1. The number of hydrogen-bond acceptors (Lipinski definition) is 2.